The predicted octanol–water partition coefficient (Wildman–Crippen LogP) is 2.66. The third-order valence-electron chi connectivity index (χ3n) is 3.70. The van der Waals surface area contributed by atoms with Crippen molar-refractivity contribution < 1.29 is 23.7 Å². The van der Waals surface area contributed by atoms with Gasteiger partial charge in [-0.05, 0) is 43.3 Å². The second-order valence-corrected chi connectivity index (χ2v) is 5.66. The van der Waals surface area contributed by atoms with Gasteiger partial charge in [0.1, 0.15) is 6.33 Å². The van der Waals surface area contributed by atoms with Gasteiger partial charge < -0.3 is 14.5 Å². The molecule has 12 heteroatoms. The Kier molecular flexibility index (Phi) is 6.17. The van der Waals surface area contributed by atoms with Crippen LogP contribution >= 0.6 is 0 Å². The predicted molar refractivity (Wildman–Crippen MR) is 104 cm³/mol. The topological polar surface area (TPSA) is 162 Å². The zero-order chi connectivity index (χ0) is 21.5. The molecule has 3 aromatic rings. The summed E-state index contributed by atoms with van der Waals surface area (Å²) in [5, 5.41) is 14.4. The zero-order valence-corrected chi connectivity index (χ0v) is 15.6. The molecule has 2 heterocycles. The van der Waals surface area contributed by atoms with Crippen molar-refractivity contribution in [2.75, 3.05) is 17.3 Å². The van der Waals surface area contributed by atoms with E-state index in [-0.39, 0.29) is 24.0 Å². The van der Waals surface area contributed by atoms with Gasteiger partial charge in [0.05, 0.1) is 23.4 Å². The van der Waals surface area contributed by atoms with Crippen molar-refractivity contribution in [1.29, 1.82) is 0 Å². The molecule has 154 valence electrons. The average molecular weight is 412 g/mol. The van der Waals surface area contributed by atoms with Crippen LogP contribution < -0.4 is 16.2 Å². The van der Waals surface area contributed by atoms with Gasteiger partial charge in [0, 0.05) is 5.69 Å². The first kappa shape index (κ1) is 20.3. The van der Waals surface area contributed by atoms with Crippen molar-refractivity contribution in [2.45, 2.75) is 6.92 Å². The Labute approximate surface area is 169 Å². The molecule has 0 aliphatic carbocycles. The van der Waals surface area contributed by atoms with Crippen LogP contribution in [0.3, 0.4) is 0 Å². The number of nitrogens with zero attached hydrogens (tertiary/aromatic N) is 3. The highest BCUT2D eigenvalue weighted by Gasteiger charge is 2.24. The molecule has 0 aliphatic heterocycles. The lowest BCUT2D eigenvalue weighted by Crippen LogP contribution is -2.30. The number of hydrogen-bond acceptors (Lipinski definition) is 10. The molecule has 12 nitrogen and oxygen atoms in total. The number of benzene rings is 1. The van der Waals surface area contributed by atoms with E-state index < -0.39 is 22.5 Å². The number of carbonyl (C=O) groups excluding carboxylic acids is 2. The van der Waals surface area contributed by atoms with E-state index in [1.165, 1.54) is 30.5 Å². The molecule has 0 aliphatic rings. The highest BCUT2D eigenvalue weighted by atomic mass is 16.6. The normalized spacial score (nSPS) is 10.2. The van der Waals surface area contributed by atoms with Crippen molar-refractivity contribution >= 4 is 34.9 Å². The van der Waals surface area contributed by atoms with Gasteiger partial charge in [-0.15, -0.1) is 0 Å². The summed E-state index contributed by atoms with van der Waals surface area (Å²) in [4.78, 5) is 42.2. The van der Waals surface area contributed by atoms with E-state index in [0.29, 0.717) is 11.3 Å². The van der Waals surface area contributed by atoms with E-state index in [2.05, 4.69) is 26.1 Å². The van der Waals surface area contributed by atoms with Crippen LogP contribution in [0.25, 0.3) is 0 Å². The van der Waals surface area contributed by atoms with E-state index in [4.69, 9.17) is 9.15 Å². The number of amides is 1. The molecule has 0 fully saturated rings. The smallest absolute Gasteiger partial charge is 0.355 e. The molecule has 1 amide bonds. The lowest BCUT2D eigenvalue weighted by molar-refractivity contribution is -0.383. The molecule has 3 rings (SSSR count). The quantitative estimate of drug-likeness (QED) is 0.285. The number of ether oxygens (including phenoxy) is 1. The minimum absolute atomic E-state index is 0.0132. The van der Waals surface area contributed by atoms with Crippen LogP contribution in [0.15, 0.2) is 53.4 Å². The number of nitro groups is 1. The Balaban J connectivity index is 1.78. The number of anilines is 3. The largest absolute Gasteiger partial charge is 0.462 e. The third kappa shape index (κ3) is 4.67. The van der Waals surface area contributed by atoms with E-state index in [0.717, 1.165) is 6.33 Å². The summed E-state index contributed by atoms with van der Waals surface area (Å²) >= 11 is 0. The fourth-order valence-corrected chi connectivity index (χ4v) is 2.36. The third-order valence-corrected chi connectivity index (χ3v) is 3.70. The van der Waals surface area contributed by atoms with Gasteiger partial charge in [-0.25, -0.2) is 14.8 Å². The maximum absolute atomic E-state index is 11.9. The number of esters is 1. The lowest BCUT2D eigenvalue weighted by atomic mass is 10.2. The van der Waals surface area contributed by atoms with Gasteiger partial charge in [0.25, 0.3) is 0 Å². The number of nitrogens with one attached hydrogen (secondary N) is 3. The molecular weight excluding hydrogens is 396 g/mol. The minimum Gasteiger partial charge on any atom is -0.462 e. The van der Waals surface area contributed by atoms with Crippen LogP contribution in [-0.4, -0.2) is 33.4 Å². The minimum atomic E-state index is -0.698. The molecule has 0 spiro atoms. The molecule has 0 atom stereocenters. The highest BCUT2D eigenvalue weighted by molar-refractivity contribution is 5.92. The molecule has 0 radical (unpaired) electrons. The van der Waals surface area contributed by atoms with Crippen molar-refractivity contribution in [3.63, 3.8) is 0 Å². The molecule has 0 saturated carbocycles. The fraction of sp³-hybridized carbons (Fsp3) is 0.111. The van der Waals surface area contributed by atoms with Crippen LogP contribution in [0, 0.1) is 10.1 Å². The van der Waals surface area contributed by atoms with Gasteiger partial charge in [0.15, 0.2) is 5.76 Å². The zero-order valence-electron chi connectivity index (χ0n) is 15.6. The van der Waals surface area contributed by atoms with Crippen LogP contribution in [-0.2, 0) is 4.74 Å². The molecule has 0 unspecified atom stereocenters. The Morgan fingerprint density at radius 1 is 1.17 bits per heavy atom. The molecule has 3 N–H and O–H groups in total. The van der Waals surface area contributed by atoms with E-state index in [1.54, 1.807) is 19.1 Å². The monoisotopic (exact) mass is 412 g/mol. The standard InChI is InChI=1S/C18H16N6O6/c1-2-29-18(26)11-5-7-12(8-6-11)21-15-14(24(27)28)16(20-10-19-15)22-23-17(25)13-4-3-9-30-13/h3-10H,2H2,1H3,(H,23,25)(H2,19,20,21,22). The van der Waals surface area contributed by atoms with Crippen LogP contribution in [0.4, 0.5) is 23.0 Å². The maximum Gasteiger partial charge on any atom is 0.355 e. The van der Waals surface area contributed by atoms with Gasteiger partial charge in [0.2, 0.25) is 11.6 Å². The van der Waals surface area contributed by atoms with Gasteiger partial charge in [-0.3, -0.25) is 25.8 Å². The van der Waals surface area contributed by atoms with E-state index >= 15 is 0 Å². The molecular formula is C18H16N6O6. The fourth-order valence-electron chi connectivity index (χ4n) is 2.36. The first-order valence-electron chi connectivity index (χ1n) is 8.63. The van der Waals surface area contributed by atoms with Crippen molar-refractivity contribution in [3.8, 4) is 0 Å². The van der Waals surface area contributed by atoms with Crippen LogP contribution in [0.1, 0.15) is 27.8 Å². The number of hydrazine groups is 1. The second kappa shape index (κ2) is 9.14. The second-order valence-electron chi connectivity index (χ2n) is 5.66. The molecule has 0 saturated heterocycles. The van der Waals surface area contributed by atoms with Crippen LogP contribution in [0.2, 0.25) is 0 Å². The van der Waals surface area contributed by atoms with Crippen LogP contribution in [0.5, 0.6) is 0 Å². The Morgan fingerprint density at radius 3 is 2.53 bits per heavy atom. The summed E-state index contributed by atoms with van der Waals surface area (Å²) in [6.07, 6.45) is 2.40. The number of furan rings is 1. The first-order valence-corrected chi connectivity index (χ1v) is 8.63. The summed E-state index contributed by atoms with van der Waals surface area (Å²) in [6.45, 7) is 1.95. The van der Waals surface area contributed by atoms with Gasteiger partial charge in [-0.2, -0.15) is 0 Å². The van der Waals surface area contributed by atoms with Crippen molar-refractivity contribution in [2.24, 2.45) is 0 Å². The van der Waals surface area contributed by atoms with Crippen molar-refractivity contribution in [1.82, 2.24) is 15.4 Å². The Bertz CT molecular complexity index is 1050. The van der Waals surface area contributed by atoms with E-state index in [9.17, 15) is 19.7 Å². The Hall–Kier alpha value is -4.48. The average Bonchev–Trinajstić information content (AvgIpc) is 3.27. The summed E-state index contributed by atoms with van der Waals surface area (Å²) < 4.78 is 9.85. The van der Waals surface area contributed by atoms with Crippen molar-refractivity contribution in [3.05, 3.63) is 70.4 Å². The van der Waals surface area contributed by atoms with E-state index in [1.807, 2.05) is 0 Å². The first-order chi connectivity index (χ1) is 14.5. The molecule has 0 bridgehead atoms. The highest BCUT2D eigenvalue weighted by Crippen LogP contribution is 2.30. The maximum atomic E-state index is 11.9. The molecule has 1 aromatic carbocycles. The number of aromatic nitrogens is 2. The number of rotatable bonds is 8. The molecule has 2 aromatic heterocycles. The summed E-state index contributed by atoms with van der Waals surface area (Å²) in [5.74, 6) is -1.46. The summed E-state index contributed by atoms with van der Waals surface area (Å²) in [6, 6.07) is 9.07. The Morgan fingerprint density at radius 2 is 1.90 bits per heavy atom. The van der Waals surface area contributed by atoms with Gasteiger partial charge >= 0.3 is 17.6 Å². The SMILES string of the molecule is CCOC(=O)c1ccc(Nc2ncnc(NNC(=O)c3ccco3)c2[N+](=O)[O-])cc1. The summed E-state index contributed by atoms with van der Waals surface area (Å²) in [7, 11) is 0. The molecule has 30 heavy (non-hydrogen) atoms. The van der Waals surface area contributed by atoms with Gasteiger partial charge in [-0.1, -0.05) is 0 Å². The lowest BCUT2D eigenvalue weighted by Gasteiger charge is -2.10. The summed E-state index contributed by atoms with van der Waals surface area (Å²) in [5.41, 5.74) is 4.94. The number of hydrogen-bond donors (Lipinski definition) is 3. The number of carbonyl (C=O) groups is 2.